The van der Waals surface area contributed by atoms with Crippen LogP contribution in [0, 0.1) is 5.41 Å². The highest BCUT2D eigenvalue weighted by Crippen LogP contribution is 2.34. The molecule has 0 spiro atoms. The topological polar surface area (TPSA) is 41.6 Å². The van der Waals surface area contributed by atoms with Gasteiger partial charge in [-0.25, -0.2) is 0 Å². The van der Waals surface area contributed by atoms with E-state index in [1.807, 2.05) is 11.9 Å². The Labute approximate surface area is 122 Å². The molecule has 112 valence electrons. The van der Waals surface area contributed by atoms with Gasteiger partial charge in [0.15, 0.2) is 0 Å². The molecule has 1 N–H and O–H groups in total. The van der Waals surface area contributed by atoms with E-state index in [1.54, 1.807) is 7.11 Å². The summed E-state index contributed by atoms with van der Waals surface area (Å²) in [7, 11) is 3.68. The molecule has 1 saturated carbocycles. The first-order valence-electron chi connectivity index (χ1n) is 7.16. The number of amides is 1. The molecule has 0 radical (unpaired) electrons. The van der Waals surface area contributed by atoms with Crippen LogP contribution in [-0.2, 0) is 9.53 Å². The molecule has 2 rings (SSSR count). The molecule has 0 aromatic heterocycles. The number of nitrogens with zero attached hydrogens (tertiary/aromatic N) is 1. The van der Waals surface area contributed by atoms with E-state index in [9.17, 15) is 4.79 Å². The highest BCUT2D eigenvalue weighted by molar-refractivity contribution is 5.85. The molecule has 0 aromatic carbocycles. The fourth-order valence-corrected chi connectivity index (χ4v) is 3.43. The summed E-state index contributed by atoms with van der Waals surface area (Å²) >= 11 is 0. The fraction of sp³-hybridized carbons (Fsp3) is 0.929. The zero-order valence-electron chi connectivity index (χ0n) is 12.1. The lowest BCUT2D eigenvalue weighted by Crippen LogP contribution is -2.52. The number of carbonyl (C=O) groups excluding carboxylic acids is 1. The maximum absolute atomic E-state index is 12.8. The van der Waals surface area contributed by atoms with Crippen LogP contribution in [0.25, 0.3) is 0 Å². The van der Waals surface area contributed by atoms with Crippen LogP contribution in [0.4, 0.5) is 0 Å². The second-order valence-electron chi connectivity index (χ2n) is 5.82. The fourth-order valence-electron chi connectivity index (χ4n) is 3.43. The van der Waals surface area contributed by atoms with E-state index in [0.29, 0.717) is 18.6 Å². The monoisotopic (exact) mass is 290 g/mol. The first-order valence-corrected chi connectivity index (χ1v) is 7.16. The lowest BCUT2D eigenvalue weighted by molar-refractivity contribution is -0.148. The number of hydrogen-bond donors (Lipinski definition) is 1. The summed E-state index contributed by atoms with van der Waals surface area (Å²) in [6.07, 6.45) is 6.67. The van der Waals surface area contributed by atoms with Gasteiger partial charge in [0.25, 0.3) is 0 Å². The molecule has 0 aromatic rings. The first kappa shape index (κ1) is 16.7. The van der Waals surface area contributed by atoms with Crippen LogP contribution >= 0.6 is 12.4 Å². The molecule has 0 atom stereocenters. The molecule has 19 heavy (non-hydrogen) atoms. The van der Waals surface area contributed by atoms with Crippen molar-refractivity contribution < 1.29 is 9.53 Å². The number of rotatable bonds is 4. The Morgan fingerprint density at radius 3 is 2.42 bits per heavy atom. The van der Waals surface area contributed by atoms with Crippen LogP contribution in [0.3, 0.4) is 0 Å². The molecule has 1 aliphatic heterocycles. The highest BCUT2D eigenvalue weighted by Gasteiger charge is 2.42. The van der Waals surface area contributed by atoms with Gasteiger partial charge in [0, 0.05) is 20.2 Å². The number of hydrogen-bond acceptors (Lipinski definition) is 3. The molecule has 2 fully saturated rings. The number of piperidine rings is 1. The van der Waals surface area contributed by atoms with E-state index in [0.717, 1.165) is 25.9 Å². The van der Waals surface area contributed by atoms with Crippen molar-refractivity contribution in [3.8, 4) is 0 Å². The van der Waals surface area contributed by atoms with Gasteiger partial charge in [-0.05, 0) is 38.8 Å². The molecule has 1 aliphatic carbocycles. The minimum absolute atomic E-state index is 0. The van der Waals surface area contributed by atoms with Gasteiger partial charge in [-0.15, -0.1) is 12.4 Å². The summed E-state index contributed by atoms with van der Waals surface area (Å²) in [6.45, 7) is 2.41. The van der Waals surface area contributed by atoms with Crippen molar-refractivity contribution in [1.82, 2.24) is 10.2 Å². The lowest BCUT2D eigenvalue weighted by Gasteiger charge is -2.40. The molecule has 0 bridgehead atoms. The van der Waals surface area contributed by atoms with Crippen LogP contribution in [0.2, 0.25) is 0 Å². The van der Waals surface area contributed by atoms with Gasteiger partial charge in [0.1, 0.15) is 0 Å². The van der Waals surface area contributed by atoms with Crippen molar-refractivity contribution in [2.75, 3.05) is 33.9 Å². The largest absolute Gasteiger partial charge is 0.384 e. The molecular formula is C14H27ClN2O2. The van der Waals surface area contributed by atoms with Crippen molar-refractivity contribution in [3.05, 3.63) is 0 Å². The molecule has 1 saturated heterocycles. The summed E-state index contributed by atoms with van der Waals surface area (Å²) in [6, 6.07) is 0.459. The van der Waals surface area contributed by atoms with E-state index >= 15 is 0 Å². The van der Waals surface area contributed by atoms with Crippen LogP contribution in [0.5, 0.6) is 0 Å². The van der Waals surface area contributed by atoms with Gasteiger partial charge in [-0.3, -0.25) is 4.79 Å². The number of carbonyl (C=O) groups is 1. The van der Waals surface area contributed by atoms with Crippen molar-refractivity contribution >= 4 is 18.3 Å². The minimum atomic E-state index is -0.280. The van der Waals surface area contributed by atoms with Crippen LogP contribution in [0.15, 0.2) is 0 Å². The third-order valence-corrected chi connectivity index (χ3v) is 4.63. The minimum Gasteiger partial charge on any atom is -0.384 e. The third-order valence-electron chi connectivity index (χ3n) is 4.63. The van der Waals surface area contributed by atoms with Gasteiger partial charge in [0.05, 0.1) is 12.0 Å². The van der Waals surface area contributed by atoms with Crippen molar-refractivity contribution in [3.63, 3.8) is 0 Å². The van der Waals surface area contributed by atoms with Crippen LogP contribution < -0.4 is 5.32 Å². The van der Waals surface area contributed by atoms with Gasteiger partial charge < -0.3 is 15.0 Å². The van der Waals surface area contributed by atoms with Gasteiger partial charge in [-0.1, -0.05) is 12.8 Å². The van der Waals surface area contributed by atoms with Gasteiger partial charge in [0.2, 0.25) is 5.91 Å². The molecule has 1 amide bonds. The molecule has 4 nitrogen and oxygen atoms in total. The summed E-state index contributed by atoms with van der Waals surface area (Å²) in [5, 5.41) is 3.33. The Morgan fingerprint density at radius 2 is 1.89 bits per heavy atom. The van der Waals surface area contributed by atoms with Gasteiger partial charge in [-0.2, -0.15) is 0 Å². The molecule has 5 heteroatoms. The lowest BCUT2D eigenvalue weighted by atomic mass is 9.78. The average Bonchev–Trinajstić information content (AvgIpc) is 2.92. The maximum Gasteiger partial charge on any atom is 0.231 e. The van der Waals surface area contributed by atoms with Crippen molar-refractivity contribution in [2.45, 2.75) is 44.6 Å². The summed E-state index contributed by atoms with van der Waals surface area (Å²) in [4.78, 5) is 14.8. The normalized spacial score (nSPS) is 22.8. The summed E-state index contributed by atoms with van der Waals surface area (Å²) in [5.41, 5.74) is -0.280. The number of ether oxygens (including phenoxy) is 1. The van der Waals surface area contributed by atoms with Crippen LogP contribution in [-0.4, -0.2) is 50.7 Å². The Hall–Kier alpha value is -0.320. The van der Waals surface area contributed by atoms with E-state index in [-0.39, 0.29) is 17.8 Å². The Morgan fingerprint density at radius 1 is 1.32 bits per heavy atom. The number of halogens is 1. The van der Waals surface area contributed by atoms with E-state index < -0.39 is 0 Å². The van der Waals surface area contributed by atoms with Crippen molar-refractivity contribution in [2.24, 2.45) is 5.41 Å². The number of nitrogens with one attached hydrogen (secondary N) is 1. The highest BCUT2D eigenvalue weighted by atomic mass is 35.5. The Kier molecular flexibility index (Phi) is 6.57. The SMILES string of the molecule is COCC1(C(=O)N(C)C2CCCC2)CCNCC1.Cl. The maximum atomic E-state index is 12.8. The third kappa shape index (κ3) is 3.61. The zero-order valence-corrected chi connectivity index (χ0v) is 12.9. The zero-order chi connectivity index (χ0) is 13.0. The van der Waals surface area contributed by atoms with E-state index in [2.05, 4.69) is 5.32 Å². The second kappa shape index (κ2) is 7.46. The molecule has 0 unspecified atom stereocenters. The predicted octanol–water partition coefficient (Wildman–Crippen LogP) is 1.83. The first-order chi connectivity index (χ1) is 8.69. The smallest absolute Gasteiger partial charge is 0.231 e. The van der Waals surface area contributed by atoms with E-state index in [4.69, 9.17) is 4.74 Å². The Balaban J connectivity index is 0.00000180. The summed E-state index contributed by atoms with van der Waals surface area (Å²) < 4.78 is 5.34. The van der Waals surface area contributed by atoms with Gasteiger partial charge >= 0.3 is 0 Å². The standard InChI is InChI=1S/C14H26N2O2.ClH/c1-16(12-5-3-4-6-12)13(17)14(11-18-2)7-9-15-10-8-14;/h12,15H,3-11H2,1-2H3;1H. The molecular weight excluding hydrogens is 264 g/mol. The van der Waals surface area contributed by atoms with Crippen LogP contribution in [0.1, 0.15) is 38.5 Å². The Bertz CT molecular complexity index is 282. The second-order valence-corrected chi connectivity index (χ2v) is 5.82. The average molecular weight is 291 g/mol. The molecule has 1 heterocycles. The molecule has 2 aliphatic rings. The predicted molar refractivity (Wildman–Crippen MR) is 78.7 cm³/mol. The number of methoxy groups -OCH3 is 1. The quantitative estimate of drug-likeness (QED) is 0.859. The van der Waals surface area contributed by atoms with Crippen molar-refractivity contribution in [1.29, 1.82) is 0 Å². The van der Waals surface area contributed by atoms with E-state index in [1.165, 1.54) is 25.7 Å². The summed E-state index contributed by atoms with van der Waals surface area (Å²) in [5.74, 6) is 0.303.